The first kappa shape index (κ1) is 20.8. The molecule has 1 amide bonds. The summed E-state index contributed by atoms with van der Waals surface area (Å²) in [6, 6.07) is 12.4. The number of carbonyl (C=O) groups is 1. The second-order valence-corrected chi connectivity index (χ2v) is 9.65. The lowest BCUT2D eigenvalue weighted by atomic mass is 10.1. The molecule has 0 aromatic heterocycles. The van der Waals surface area contributed by atoms with E-state index in [1.54, 1.807) is 29.2 Å². The number of halogens is 1. The van der Waals surface area contributed by atoms with Crippen molar-refractivity contribution in [2.24, 2.45) is 0 Å². The molecule has 0 N–H and O–H groups in total. The van der Waals surface area contributed by atoms with Gasteiger partial charge in [0, 0.05) is 30.7 Å². The van der Waals surface area contributed by atoms with Gasteiger partial charge in [-0.05, 0) is 49.7 Å². The summed E-state index contributed by atoms with van der Waals surface area (Å²) < 4.78 is 33.4. The summed E-state index contributed by atoms with van der Waals surface area (Å²) in [6.45, 7) is 5.14. The van der Waals surface area contributed by atoms with Crippen LogP contribution < -0.4 is 4.74 Å². The average Bonchev–Trinajstić information content (AvgIpc) is 2.67. The van der Waals surface area contributed by atoms with E-state index in [-0.39, 0.29) is 30.5 Å². The summed E-state index contributed by atoms with van der Waals surface area (Å²) in [4.78, 5) is 14.3. The third kappa shape index (κ3) is 4.74. The lowest BCUT2D eigenvalue weighted by Gasteiger charge is -2.34. The maximum absolute atomic E-state index is 12.7. The maximum atomic E-state index is 12.7. The third-order valence-electron chi connectivity index (χ3n) is 4.72. The minimum Gasteiger partial charge on any atom is -0.484 e. The Balaban J connectivity index is 1.55. The Kier molecular flexibility index (Phi) is 6.42. The second kappa shape index (κ2) is 8.63. The fourth-order valence-electron chi connectivity index (χ4n) is 3.13. The molecule has 0 saturated carbocycles. The summed E-state index contributed by atoms with van der Waals surface area (Å²) in [6.07, 6.45) is 0. The summed E-state index contributed by atoms with van der Waals surface area (Å²) in [5, 5.41) is 0. The minimum absolute atomic E-state index is 0.0522. The Hall–Kier alpha value is -1.90. The van der Waals surface area contributed by atoms with E-state index >= 15 is 0 Å². The van der Waals surface area contributed by atoms with Gasteiger partial charge in [-0.2, -0.15) is 4.31 Å². The predicted molar refractivity (Wildman–Crippen MR) is 111 cm³/mol. The lowest BCUT2D eigenvalue weighted by Crippen LogP contribution is -2.51. The topological polar surface area (TPSA) is 66.9 Å². The highest BCUT2D eigenvalue weighted by atomic mass is 79.9. The Morgan fingerprint density at radius 1 is 1.04 bits per heavy atom. The van der Waals surface area contributed by atoms with E-state index in [1.165, 1.54) is 4.31 Å². The first-order valence-electron chi connectivity index (χ1n) is 9.01. The van der Waals surface area contributed by atoms with Crippen molar-refractivity contribution >= 4 is 31.9 Å². The first-order valence-corrected chi connectivity index (χ1v) is 11.2. The van der Waals surface area contributed by atoms with Crippen LogP contribution in [-0.4, -0.2) is 56.3 Å². The first-order chi connectivity index (χ1) is 13.3. The molecule has 6 nitrogen and oxygen atoms in total. The number of amides is 1. The summed E-state index contributed by atoms with van der Waals surface area (Å²) in [5.41, 5.74) is 2.12. The van der Waals surface area contributed by atoms with E-state index in [1.807, 2.05) is 32.0 Å². The number of sulfonamides is 1. The molecular weight excluding hydrogens is 444 g/mol. The largest absolute Gasteiger partial charge is 0.484 e. The van der Waals surface area contributed by atoms with Crippen LogP contribution in [0.4, 0.5) is 0 Å². The van der Waals surface area contributed by atoms with E-state index in [0.717, 1.165) is 15.6 Å². The SMILES string of the molecule is Cc1ccc(OCC(=O)N2CCN(S(=O)(=O)c3ccc(Br)cc3)CC2)c(C)c1. The highest BCUT2D eigenvalue weighted by Gasteiger charge is 2.30. The molecule has 1 aliphatic heterocycles. The van der Waals surface area contributed by atoms with Crippen molar-refractivity contribution in [2.75, 3.05) is 32.8 Å². The standard InChI is InChI=1S/C20H23BrN2O4S/c1-15-3-8-19(16(2)13-15)27-14-20(24)22-9-11-23(12-10-22)28(25,26)18-6-4-17(21)5-7-18/h3-8,13H,9-12,14H2,1-2H3. The molecular formula is C20H23BrN2O4S. The Bertz CT molecular complexity index is 953. The normalized spacial score (nSPS) is 15.5. The Labute approximate surface area is 174 Å². The second-order valence-electron chi connectivity index (χ2n) is 6.80. The molecule has 0 atom stereocenters. The molecule has 2 aromatic carbocycles. The predicted octanol–water partition coefficient (Wildman–Crippen LogP) is 2.98. The molecule has 0 bridgehead atoms. The number of ether oxygens (including phenoxy) is 1. The van der Waals surface area contributed by atoms with Crippen LogP contribution in [0.25, 0.3) is 0 Å². The van der Waals surface area contributed by atoms with Crippen LogP contribution >= 0.6 is 15.9 Å². The number of nitrogens with zero attached hydrogens (tertiary/aromatic N) is 2. The van der Waals surface area contributed by atoms with E-state index in [2.05, 4.69) is 15.9 Å². The van der Waals surface area contributed by atoms with Crippen LogP contribution in [0, 0.1) is 13.8 Å². The molecule has 0 radical (unpaired) electrons. The van der Waals surface area contributed by atoms with Crippen LogP contribution in [0.15, 0.2) is 51.8 Å². The van der Waals surface area contributed by atoms with E-state index < -0.39 is 10.0 Å². The number of benzene rings is 2. The number of carbonyl (C=O) groups excluding carboxylic acids is 1. The van der Waals surface area contributed by atoms with Crippen LogP contribution in [0.5, 0.6) is 5.75 Å². The number of piperazine rings is 1. The maximum Gasteiger partial charge on any atom is 0.260 e. The van der Waals surface area contributed by atoms with Gasteiger partial charge in [0.1, 0.15) is 5.75 Å². The monoisotopic (exact) mass is 466 g/mol. The van der Waals surface area contributed by atoms with Gasteiger partial charge >= 0.3 is 0 Å². The van der Waals surface area contributed by atoms with Gasteiger partial charge in [-0.15, -0.1) is 0 Å². The van der Waals surface area contributed by atoms with Gasteiger partial charge in [0.15, 0.2) is 6.61 Å². The zero-order chi connectivity index (χ0) is 20.3. The molecule has 1 heterocycles. The Morgan fingerprint density at radius 2 is 1.68 bits per heavy atom. The van der Waals surface area contributed by atoms with Gasteiger partial charge in [-0.1, -0.05) is 33.6 Å². The van der Waals surface area contributed by atoms with Crippen molar-refractivity contribution in [3.63, 3.8) is 0 Å². The summed E-state index contributed by atoms with van der Waals surface area (Å²) in [7, 11) is -3.55. The van der Waals surface area contributed by atoms with Crippen LogP contribution in [0.1, 0.15) is 11.1 Å². The third-order valence-corrected chi connectivity index (χ3v) is 7.17. The van der Waals surface area contributed by atoms with Crippen molar-refractivity contribution < 1.29 is 17.9 Å². The average molecular weight is 467 g/mol. The molecule has 8 heteroatoms. The van der Waals surface area contributed by atoms with E-state index in [0.29, 0.717) is 18.8 Å². The van der Waals surface area contributed by atoms with Crippen LogP contribution in [0.3, 0.4) is 0 Å². The van der Waals surface area contributed by atoms with Gasteiger partial charge in [0.25, 0.3) is 5.91 Å². The molecule has 0 aliphatic carbocycles. The van der Waals surface area contributed by atoms with Crippen molar-refractivity contribution in [1.82, 2.24) is 9.21 Å². The van der Waals surface area contributed by atoms with Crippen LogP contribution in [-0.2, 0) is 14.8 Å². The molecule has 2 aromatic rings. The Morgan fingerprint density at radius 3 is 2.29 bits per heavy atom. The molecule has 1 fully saturated rings. The van der Waals surface area contributed by atoms with Crippen molar-refractivity contribution in [2.45, 2.75) is 18.7 Å². The summed E-state index contributed by atoms with van der Waals surface area (Å²) >= 11 is 3.31. The summed E-state index contributed by atoms with van der Waals surface area (Å²) in [5.74, 6) is 0.552. The van der Waals surface area contributed by atoms with E-state index in [9.17, 15) is 13.2 Å². The van der Waals surface area contributed by atoms with Crippen molar-refractivity contribution in [1.29, 1.82) is 0 Å². The molecule has 3 rings (SSSR count). The number of hydrogen-bond donors (Lipinski definition) is 0. The molecule has 0 spiro atoms. The molecule has 0 unspecified atom stereocenters. The smallest absolute Gasteiger partial charge is 0.260 e. The van der Waals surface area contributed by atoms with Gasteiger partial charge in [0.05, 0.1) is 4.90 Å². The highest BCUT2D eigenvalue weighted by molar-refractivity contribution is 9.10. The van der Waals surface area contributed by atoms with Gasteiger partial charge < -0.3 is 9.64 Å². The molecule has 1 saturated heterocycles. The van der Waals surface area contributed by atoms with E-state index in [4.69, 9.17) is 4.74 Å². The van der Waals surface area contributed by atoms with Gasteiger partial charge in [0.2, 0.25) is 10.0 Å². The molecule has 28 heavy (non-hydrogen) atoms. The molecule has 1 aliphatic rings. The minimum atomic E-state index is -3.55. The zero-order valence-electron chi connectivity index (χ0n) is 15.9. The fourth-order valence-corrected chi connectivity index (χ4v) is 4.81. The quantitative estimate of drug-likeness (QED) is 0.679. The van der Waals surface area contributed by atoms with Crippen molar-refractivity contribution in [3.05, 3.63) is 58.1 Å². The number of aryl methyl sites for hydroxylation is 2. The fraction of sp³-hybridized carbons (Fsp3) is 0.350. The highest BCUT2D eigenvalue weighted by Crippen LogP contribution is 2.21. The van der Waals surface area contributed by atoms with Crippen LogP contribution in [0.2, 0.25) is 0 Å². The number of hydrogen-bond acceptors (Lipinski definition) is 4. The van der Waals surface area contributed by atoms with Gasteiger partial charge in [-0.3, -0.25) is 4.79 Å². The molecule has 150 valence electrons. The van der Waals surface area contributed by atoms with Crippen molar-refractivity contribution in [3.8, 4) is 5.75 Å². The van der Waals surface area contributed by atoms with Gasteiger partial charge in [-0.25, -0.2) is 8.42 Å². The lowest BCUT2D eigenvalue weighted by molar-refractivity contribution is -0.134. The number of rotatable bonds is 5. The zero-order valence-corrected chi connectivity index (χ0v) is 18.3.